The number of aliphatic hydroxyl groups excluding tert-OH is 1. The highest BCUT2D eigenvalue weighted by Gasteiger charge is 2.32. The highest BCUT2D eigenvalue weighted by molar-refractivity contribution is 7.98. The summed E-state index contributed by atoms with van der Waals surface area (Å²) in [6.07, 6.45) is 1.69. The number of nitrogens with one attached hydrogen (secondary N) is 3. The van der Waals surface area contributed by atoms with Gasteiger partial charge >= 0.3 is 5.97 Å². The third kappa shape index (κ3) is 12.7. The van der Waals surface area contributed by atoms with Crippen LogP contribution in [0.3, 0.4) is 0 Å². The van der Waals surface area contributed by atoms with Gasteiger partial charge in [0.05, 0.1) is 12.1 Å². The summed E-state index contributed by atoms with van der Waals surface area (Å²) < 4.78 is 0. The van der Waals surface area contributed by atoms with Crippen LogP contribution in [0.5, 0.6) is 0 Å². The van der Waals surface area contributed by atoms with Crippen LogP contribution in [-0.2, 0) is 24.0 Å². The number of hydrogen-bond donors (Lipinski definition) is 8. The zero-order valence-electron chi connectivity index (χ0n) is 19.6. The lowest BCUT2D eigenvalue weighted by Gasteiger charge is -2.26. The first-order chi connectivity index (χ1) is 15.9. The smallest absolute Gasteiger partial charge is 0.326 e. The Morgan fingerprint density at radius 1 is 0.912 bits per heavy atom. The molecule has 0 aromatic heterocycles. The van der Waals surface area contributed by atoms with Gasteiger partial charge in [-0.3, -0.25) is 19.2 Å². The summed E-state index contributed by atoms with van der Waals surface area (Å²) in [5.74, 6) is -3.67. The monoisotopic (exact) mass is 506 g/mol. The fraction of sp³-hybridized carbons (Fsp3) is 0.750. The summed E-state index contributed by atoms with van der Waals surface area (Å²) in [6, 6.07) is -4.83. The van der Waals surface area contributed by atoms with E-state index in [1.54, 1.807) is 6.26 Å². The third-order valence-corrected chi connectivity index (χ3v) is 5.55. The minimum atomic E-state index is -1.44. The molecule has 13 nitrogen and oxygen atoms in total. The van der Waals surface area contributed by atoms with Crippen molar-refractivity contribution < 1.29 is 34.2 Å². The van der Waals surface area contributed by atoms with Crippen LogP contribution in [0.4, 0.5) is 0 Å². The number of amides is 4. The van der Waals surface area contributed by atoms with Gasteiger partial charge in [-0.05, 0) is 57.6 Å². The number of carboxylic acids is 1. The van der Waals surface area contributed by atoms with Crippen molar-refractivity contribution >= 4 is 41.4 Å². The van der Waals surface area contributed by atoms with Gasteiger partial charge in [0.2, 0.25) is 23.6 Å². The molecule has 0 heterocycles. The SMILES string of the molecule is CSCCC(NC(=O)C(CCCCN)NC(=O)C(NC(=O)C(N)CCC(N)=O)C(C)O)C(=O)O. The van der Waals surface area contributed by atoms with Crippen LogP contribution in [0.15, 0.2) is 0 Å². The fourth-order valence-electron chi connectivity index (χ4n) is 2.88. The Morgan fingerprint density at radius 2 is 1.53 bits per heavy atom. The molecule has 0 saturated carbocycles. The van der Waals surface area contributed by atoms with Gasteiger partial charge in [-0.15, -0.1) is 0 Å². The van der Waals surface area contributed by atoms with Crippen LogP contribution < -0.4 is 33.2 Å². The van der Waals surface area contributed by atoms with Crippen molar-refractivity contribution in [1.82, 2.24) is 16.0 Å². The van der Waals surface area contributed by atoms with E-state index < -0.39 is 59.9 Å². The van der Waals surface area contributed by atoms with Gasteiger partial charge in [-0.1, -0.05) is 0 Å². The van der Waals surface area contributed by atoms with E-state index in [0.717, 1.165) is 0 Å². The molecule has 0 radical (unpaired) electrons. The van der Waals surface area contributed by atoms with Crippen LogP contribution in [0.1, 0.15) is 45.4 Å². The molecular weight excluding hydrogens is 468 g/mol. The topological polar surface area (TPSA) is 240 Å². The van der Waals surface area contributed by atoms with Crippen molar-refractivity contribution in [3.8, 4) is 0 Å². The Balaban J connectivity index is 5.37. The number of aliphatic carboxylic acids is 1. The van der Waals surface area contributed by atoms with Crippen LogP contribution >= 0.6 is 11.8 Å². The van der Waals surface area contributed by atoms with E-state index in [1.807, 2.05) is 0 Å². The average molecular weight is 507 g/mol. The van der Waals surface area contributed by atoms with E-state index in [-0.39, 0.29) is 25.7 Å². The number of aliphatic hydroxyl groups is 1. The number of carboxylic acid groups (broad SMARTS) is 1. The van der Waals surface area contributed by atoms with E-state index >= 15 is 0 Å². The lowest BCUT2D eigenvalue weighted by molar-refractivity contribution is -0.142. The van der Waals surface area contributed by atoms with Crippen molar-refractivity contribution in [2.75, 3.05) is 18.6 Å². The van der Waals surface area contributed by atoms with Gasteiger partial charge in [0, 0.05) is 6.42 Å². The molecule has 5 unspecified atom stereocenters. The highest BCUT2D eigenvalue weighted by atomic mass is 32.2. The standard InChI is InChI=1S/C20H38N6O7S/c1-11(27)16(26-17(29)12(22)6-7-15(23)28)19(31)24-13(5-3-4-9-21)18(30)25-14(20(32)33)8-10-34-2/h11-14,16,27H,3-10,21-22H2,1-2H3,(H2,23,28)(H,24,31)(H,25,30)(H,26,29)(H,32,33). The van der Waals surface area contributed by atoms with Gasteiger partial charge in [-0.2, -0.15) is 11.8 Å². The van der Waals surface area contributed by atoms with Crippen molar-refractivity contribution in [3.05, 3.63) is 0 Å². The lowest BCUT2D eigenvalue weighted by Crippen LogP contribution is -2.59. The van der Waals surface area contributed by atoms with Crippen LogP contribution in [-0.4, -0.2) is 88.6 Å². The normalized spacial score (nSPS) is 15.3. The number of rotatable bonds is 18. The molecule has 0 fully saturated rings. The summed E-state index contributed by atoms with van der Waals surface area (Å²) >= 11 is 1.43. The molecule has 34 heavy (non-hydrogen) atoms. The molecule has 4 amide bonds. The van der Waals surface area contributed by atoms with Crippen molar-refractivity contribution in [1.29, 1.82) is 0 Å². The lowest BCUT2D eigenvalue weighted by atomic mass is 10.0. The molecule has 0 bridgehead atoms. The van der Waals surface area contributed by atoms with Crippen LogP contribution in [0.25, 0.3) is 0 Å². The number of hydrogen-bond acceptors (Lipinski definition) is 9. The molecule has 0 saturated heterocycles. The van der Waals surface area contributed by atoms with Crippen LogP contribution in [0.2, 0.25) is 0 Å². The molecule has 0 aliphatic carbocycles. The Kier molecular flexibility index (Phi) is 15.9. The molecular formula is C20H38N6O7S. The molecule has 196 valence electrons. The largest absolute Gasteiger partial charge is 0.480 e. The second-order valence-electron chi connectivity index (χ2n) is 7.86. The van der Waals surface area contributed by atoms with E-state index in [0.29, 0.717) is 25.1 Å². The van der Waals surface area contributed by atoms with Crippen LogP contribution in [0, 0.1) is 0 Å². The van der Waals surface area contributed by atoms with E-state index in [2.05, 4.69) is 16.0 Å². The van der Waals surface area contributed by atoms with Gasteiger partial charge in [0.1, 0.15) is 18.1 Å². The molecule has 0 aliphatic heterocycles. The maximum absolute atomic E-state index is 12.8. The molecule has 11 N–H and O–H groups in total. The number of nitrogens with two attached hydrogens (primary N) is 3. The summed E-state index contributed by atoms with van der Waals surface area (Å²) in [4.78, 5) is 60.2. The second kappa shape index (κ2) is 17.1. The zero-order valence-corrected chi connectivity index (χ0v) is 20.4. The van der Waals surface area contributed by atoms with Crippen molar-refractivity contribution in [3.63, 3.8) is 0 Å². The molecule has 14 heteroatoms. The Morgan fingerprint density at radius 3 is 2.03 bits per heavy atom. The third-order valence-electron chi connectivity index (χ3n) is 4.91. The predicted octanol–water partition coefficient (Wildman–Crippen LogP) is -2.62. The maximum atomic E-state index is 12.8. The maximum Gasteiger partial charge on any atom is 0.326 e. The average Bonchev–Trinajstić information content (AvgIpc) is 2.76. The highest BCUT2D eigenvalue weighted by Crippen LogP contribution is 2.07. The number of thioether (sulfide) groups is 1. The Bertz CT molecular complexity index is 694. The van der Waals surface area contributed by atoms with Crippen molar-refractivity contribution in [2.24, 2.45) is 17.2 Å². The summed E-state index contributed by atoms with van der Waals surface area (Å²) in [7, 11) is 0. The molecule has 0 aromatic rings. The molecule has 0 spiro atoms. The molecule has 0 aromatic carbocycles. The predicted molar refractivity (Wildman–Crippen MR) is 127 cm³/mol. The van der Waals surface area contributed by atoms with E-state index in [4.69, 9.17) is 17.2 Å². The minimum Gasteiger partial charge on any atom is -0.480 e. The summed E-state index contributed by atoms with van der Waals surface area (Å²) in [6.45, 7) is 1.63. The summed E-state index contributed by atoms with van der Waals surface area (Å²) in [5, 5.41) is 26.6. The Labute approximate surface area is 203 Å². The Hall–Kier alpha value is -2.42. The quantitative estimate of drug-likeness (QED) is 0.0900. The van der Waals surface area contributed by atoms with Crippen molar-refractivity contribution in [2.45, 2.75) is 75.7 Å². The zero-order chi connectivity index (χ0) is 26.3. The van der Waals surface area contributed by atoms with Gasteiger partial charge in [-0.25, -0.2) is 4.79 Å². The molecule has 5 atom stereocenters. The first-order valence-electron chi connectivity index (χ1n) is 11.0. The minimum absolute atomic E-state index is 0.0495. The number of unbranched alkanes of at least 4 members (excludes halogenated alkanes) is 1. The van der Waals surface area contributed by atoms with E-state index in [9.17, 15) is 34.2 Å². The number of primary amides is 1. The first-order valence-corrected chi connectivity index (χ1v) is 12.4. The number of carbonyl (C=O) groups excluding carboxylic acids is 4. The van der Waals surface area contributed by atoms with E-state index in [1.165, 1.54) is 18.7 Å². The van der Waals surface area contributed by atoms with Gasteiger partial charge in [0.25, 0.3) is 0 Å². The fourth-order valence-corrected chi connectivity index (χ4v) is 3.35. The number of carbonyl (C=O) groups is 5. The van der Waals surface area contributed by atoms with Gasteiger partial charge in [0.15, 0.2) is 0 Å². The summed E-state index contributed by atoms with van der Waals surface area (Å²) in [5.41, 5.74) is 16.2. The second-order valence-corrected chi connectivity index (χ2v) is 8.85. The van der Waals surface area contributed by atoms with Gasteiger partial charge < -0.3 is 43.4 Å². The molecule has 0 aliphatic rings. The first kappa shape index (κ1) is 31.6. The molecule has 0 rings (SSSR count).